The Balaban J connectivity index is 2.42. The van der Waals surface area contributed by atoms with E-state index < -0.39 is 12.0 Å². The predicted octanol–water partition coefficient (Wildman–Crippen LogP) is 0.607. The third-order valence-corrected chi connectivity index (χ3v) is 3.96. The van der Waals surface area contributed by atoms with Crippen LogP contribution in [-0.4, -0.2) is 64.9 Å². The molecule has 2 amide bonds. The number of carbonyl (C=O) groups is 2. The number of amides is 2. The fourth-order valence-electron chi connectivity index (χ4n) is 2.17. The molecule has 1 aliphatic heterocycles. The first-order valence-electron chi connectivity index (χ1n) is 6.46. The van der Waals surface area contributed by atoms with Gasteiger partial charge in [-0.05, 0) is 37.2 Å². The smallest absolute Gasteiger partial charge is 0.326 e. The predicted molar refractivity (Wildman–Crippen MR) is 74.3 cm³/mol. The molecule has 0 bridgehead atoms. The number of rotatable bonds is 7. The Hall–Kier alpha value is -0.950. The van der Waals surface area contributed by atoms with Gasteiger partial charge >= 0.3 is 12.0 Å². The summed E-state index contributed by atoms with van der Waals surface area (Å²) in [5.74, 6) is 0.0310. The fraction of sp³-hybridized carbons (Fsp3) is 0.833. The van der Waals surface area contributed by atoms with E-state index in [9.17, 15) is 9.59 Å². The van der Waals surface area contributed by atoms with E-state index in [0.29, 0.717) is 37.6 Å². The molecule has 1 unspecified atom stereocenters. The number of nitrogens with zero attached hydrogens (tertiary/aromatic N) is 1. The number of urea groups is 1. The van der Waals surface area contributed by atoms with Crippen molar-refractivity contribution >= 4 is 23.8 Å². The molecule has 7 heteroatoms. The second-order valence-corrected chi connectivity index (χ2v) is 5.72. The molecule has 1 rings (SSSR count). The van der Waals surface area contributed by atoms with E-state index in [-0.39, 0.29) is 12.6 Å². The minimum atomic E-state index is -0.992. The van der Waals surface area contributed by atoms with E-state index in [0.717, 1.165) is 6.42 Å². The summed E-state index contributed by atoms with van der Waals surface area (Å²) < 4.78 is 0. The van der Waals surface area contributed by atoms with Gasteiger partial charge in [0.05, 0.1) is 0 Å². The number of hydrogen-bond acceptors (Lipinski definition) is 4. The number of hydrogen-bond donors (Lipinski definition) is 3. The first-order valence-corrected chi connectivity index (χ1v) is 7.86. The highest BCUT2D eigenvalue weighted by Gasteiger charge is 2.28. The number of likely N-dealkylation sites (tertiary alicyclic amines) is 1. The summed E-state index contributed by atoms with van der Waals surface area (Å²) in [5, 5.41) is 20.5. The molecule has 1 fully saturated rings. The molecule has 3 N–H and O–H groups in total. The second-order valence-electron chi connectivity index (χ2n) is 4.73. The van der Waals surface area contributed by atoms with Gasteiger partial charge < -0.3 is 20.4 Å². The molecule has 0 spiro atoms. The summed E-state index contributed by atoms with van der Waals surface area (Å²) in [4.78, 5) is 24.6. The van der Waals surface area contributed by atoms with Crippen molar-refractivity contribution in [3.8, 4) is 0 Å². The van der Waals surface area contributed by atoms with Crippen LogP contribution in [0.3, 0.4) is 0 Å². The van der Waals surface area contributed by atoms with Crippen LogP contribution < -0.4 is 5.32 Å². The van der Waals surface area contributed by atoms with Crippen LogP contribution >= 0.6 is 11.8 Å². The maximum Gasteiger partial charge on any atom is 0.326 e. The largest absolute Gasteiger partial charge is 0.480 e. The van der Waals surface area contributed by atoms with Crippen LogP contribution in [0.2, 0.25) is 0 Å². The van der Waals surface area contributed by atoms with Gasteiger partial charge in [0.2, 0.25) is 0 Å². The Kier molecular flexibility index (Phi) is 7.01. The first kappa shape index (κ1) is 16.1. The summed E-state index contributed by atoms with van der Waals surface area (Å²) in [6, 6.07) is -1.13. The average molecular weight is 290 g/mol. The van der Waals surface area contributed by atoms with Gasteiger partial charge in [-0.3, -0.25) is 0 Å². The lowest BCUT2D eigenvalue weighted by molar-refractivity contribution is -0.139. The third-order valence-electron chi connectivity index (χ3n) is 3.32. The normalized spacial score (nSPS) is 20.3. The van der Waals surface area contributed by atoms with Gasteiger partial charge in [0.1, 0.15) is 6.04 Å². The Morgan fingerprint density at radius 1 is 1.53 bits per heavy atom. The van der Waals surface area contributed by atoms with Crippen LogP contribution in [0.5, 0.6) is 0 Å². The zero-order valence-corrected chi connectivity index (χ0v) is 12.0. The van der Waals surface area contributed by atoms with Gasteiger partial charge in [0.15, 0.2) is 0 Å². The van der Waals surface area contributed by atoms with E-state index in [2.05, 4.69) is 5.32 Å². The molecule has 1 saturated heterocycles. The number of aliphatic hydroxyl groups is 1. The van der Waals surface area contributed by atoms with Crippen molar-refractivity contribution < 1.29 is 19.8 Å². The van der Waals surface area contributed by atoms with Crippen molar-refractivity contribution in [1.29, 1.82) is 0 Å². The number of carbonyl (C=O) groups excluding carboxylic acids is 1. The van der Waals surface area contributed by atoms with Crippen molar-refractivity contribution in [1.82, 2.24) is 10.2 Å². The van der Waals surface area contributed by atoms with Crippen LogP contribution in [0.4, 0.5) is 4.79 Å². The summed E-state index contributed by atoms with van der Waals surface area (Å²) in [6.07, 6.45) is 3.89. The monoisotopic (exact) mass is 290 g/mol. The molecule has 0 aromatic rings. The van der Waals surface area contributed by atoms with E-state index in [1.165, 1.54) is 0 Å². The summed E-state index contributed by atoms with van der Waals surface area (Å²) in [7, 11) is 0. The molecular weight excluding hydrogens is 268 g/mol. The number of carboxylic acids is 1. The standard InChI is InChI=1S/C12H22N2O4S/c1-19-7-4-10(11(16)17)13-12(18)14-5-2-9(8-14)3-6-15/h9-10,15H,2-8H2,1H3,(H,13,18)(H,16,17)/t9?,10-/m1/s1. The van der Waals surface area contributed by atoms with Gasteiger partial charge in [-0.15, -0.1) is 0 Å². The lowest BCUT2D eigenvalue weighted by atomic mass is 10.1. The molecule has 0 aliphatic carbocycles. The topological polar surface area (TPSA) is 89.9 Å². The van der Waals surface area contributed by atoms with Crippen LogP contribution in [0.1, 0.15) is 19.3 Å². The maximum absolute atomic E-state index is 12.0. The van der Waals surface area contributed by atoms with Crippen LogP contribution in [-0.2, 0) is 4.79 Å². The van der Waals surface area contributed by atoms with E-state index in [1.807, 2.05) is 6.26 Å². The Bertz CT molecular complexity index is 314. The highest BCUT2D eigenvalue weighted by Crippen LogP contribution is 2.19. The quantitative estimate of drug-likeness (QED) is 0.639. The second kappa shape index (κ2) is 8.27. The SMILES string of the molecule is CSCC[C@@H](NC(=O)N1CCC(CCO)C1)C(=O)O. The molecule has 2 atom stereocenters. The van der Waals surface area contributed by atoms with Gasteiger partial charge in [-0.2, -0.15) is 11.8 Å². The van der Waals surface area contributed by atoms with Gasteiger partial charge in [-0.25, -0.2) is 9.59 Å². The Morgan fingerprint density at radius 3 is 2.84 bits per heavy atom. The lowest BCUT2D eigenvalue weighted by Gasteiger charge is -2.21. The zero-order valence-electron chi connectivity index (χ0n) is 11.2. The molecule has 6 nitrogen and oxygen atoms in total. The van der Waals surface area contributed by atoms with Crippen molar-refractivity contribution in [2.75, 3.05) is 31.7 Å². The van der Waals surface area contributed by atoms with Gasteiger partial charge in [-0.1, -0.05) is 0 Å². The fourth-order valence-corrected chi connectivity index (χ4v) is 2.64. The summed E-state index contributed by atoms with van der Waals surface area (Å²) in [5.41, 5.74) is 0. The Morgan fingerprint density at radius 2 is 2.26 bits per heavy atom. The van der Waals surface area contributed by atoms with Crippen molar-refractivity contribution in [2.24, 2.45) is 5.92 Å². The summed E-state index contributed by atoms with van der Waals surface area (Å²) >= 11 is 1.56. The molecule has 0 saturated carbocycles. The first-order chi connectivity index (χ1) is 9.08. The molecule has 19 heavy (non-hydrogen) atoms. The number of aliphatic hydroxyl groups excluding tert-OH is 1. The van der Waals surface area contributed by atoms with Gasteiger partial charge in [0, 0.05) is 19.7 Å². The average Bonchev–Trinajstić information content (AvgIpc) is 2.83. The number of carboxylic acid groups (broad SMARTS) is 1. The zero-order chi connectivity index (χ0) is 14.3. The molecule has 0 aromatic carbocycles. The maximum atomic E-state index is 12.0. The number of nitrogens with one attached hydrogen (secondary N) is 1. The molecule has 1 aliphatic rings. The van der Waals surface area contributed by atoms with Crippen LogP contribution in [0.15, 0.2) is 0 Å². The third kappa shape index (κ3) is 5.28. The highest BCUT2D eigenvalue weighted by atomic mass is 32.2. The summed E-state index contributed by atoms with van der Waals surface area (Å²) in [6.45, 7) is 1.36. The van der Waals surface area contributed by atoms with E-state index >= 15 is 0 Å². The molecule has 110 valence electrons. The molecular formula is C12H22N2O4S. The van der Waals surface area contributed by atoms with Crippen molar-refractivity contribution in [3.05, 3.63) is 0 Å². The number of thioether (sulfide) groups is 1. The van der Waals surface area contributed by atoms with E-state index in [1.54, 1.807) is 16.7 Å². The number of aliphatic carboxylic acids is 1. The van der Waals surface area contributed by atoms with Crippen LogP contribution in [0, 0.1) is 5.92 Å². The minimum absolute atomic E-state index is 0.131. The van der Waals surface area contributed by atoms with Gasteiger partial charge in [0.25, 0.3) is 0 Å². The molecule has 1 heterocycles. The van der Waals surface area contributed by atoms with Crippen molar-refractivity contribution in [2.45, 2.75) is 25.3 Å². The molecule has 0 radical (unpaired) electrons. The minimum Gasteiger partial charge on any atom is -0.480 e. The van der Waals surface area contributed by atoms with E-state index in [4.69, 9.17) is 10.2 Å². The highest BCUT2D eigenvalue weighted by molar-refractivity contribution is 7.98. The van der Waals surface area contributed by atoms with Crippen molar-refractivity contribution in [3.63, 3.8) is 0 Å². The Labute approximate surface area is 117 Å². The lowest BCUT2D eigenvalue weighted by Crippen LogP contribution is -2.47. The molecule has 0 aromatic heterocycles. The van der Waals surface area contributed by atoms with Crippen LogP contribution in [0.25, 0.3) is 0 Å².